The Morgan fingerprint density at radius 1 is 0.750 bits per heavy atom. The second-order valence-corrected chi connectivity index (χ2v) is 4.26. The van der Waals surface area contributed by atoms with Gasteiger partial charge >= 0.3 is 23.9 Å². The average Bonchev–Trinajstić information content (AvgIpc) is 2.00. The van der Waals surface area contributed by atoms with E-state index in [4.69, 9.17) is 0 Å². The molecule has 0 spiro atoms. The van der Waals surface area contributed by atoms with Crippen LogP contribution in [0.3, 0.4) is 0 Å². The summed E-state index contributed by atoms with van der Waals surface area (Å²) in [4.78, 5) is -2.55. The number of alkyl halides is 10. The summed E-state index contributed by atoms with van der Waals surface area (Å²) in [5, 5.41) is 0. The summed E-state index contributed by atoms with van der Waals surface area (Å²) in [5.74, 6) is -18.9. The van der Waals surface area contributed by atoms with Crippen LogP contribution in [0.1, 0.15) is 6.92 Å². The zero-order valence-electron chi connectivity index (χ0n) is 7.36. The molecule has 0 aliphatic carbocycles. The van der Waals surface area contributed by atoms with E-state index < -0.39 is 28.8 Å². The van der Waals surface area contributed by atoms with Gasteiger partial charge in [-0.2, -0.15) is 39.5 Å². The van der Waals surface area contributed by atoms with Crippen molar-refractivity contribution in [2.75, 3.05) is 0 Å². The number of halogens is 10. The minimum absolute atomic E-state index is 0.334. The summed E-state index contributed by atoms with van der Waals surface area (Å²) < 4.78 is 109. The van der Waals surface area contributed by atoms with E-state index in [0.717, 1.165) is 0 Å². The molecule has 0 aromatic carbocycles. The van der Waals surface area contributed by atoms with Crippen LogP contribution in [0.15, 0.2) is 0 Å². The molecule has 0 aliphatic rings. The molecule has 0 bridgehead atoms. The lowest BCUT2D eigenvalue weighted by Crippen LogP contribution is -2.63. The second kappa shape index (κ2) is 3.95. The van der Waals surface area contributed by atoms with Crippen molar-refractivity contribution in [3.05, 3.63) is 0 Å². The Morgan fingerprint density at radius 2 is 1.06 bits per heavy atom. The Hall–Kier alpha value is -0.150. The second-order valence-electron chi connectivity index (χ2n) is 2.89. The molecule has 0 radical (unpaired) electrons. The molecule has 0 fully saturated rings. The molecule has 0 N–H and O–H groups in total. The first-order chi connectivity index (χ1) is 6.69. The van der Waals surface area contributed by atoms with Gasteiger partial charge in [0.25, 0.3) is 0 Å². The number of hydrogen-bond acceptors (Lipinski definition) is 0. The smallest absolute Gasteiger partial charge is 0.198 e. The summed E-state index contributed by atoms with van der Waals surface area (Å²) in [7, 11) is 0. The first kappa shape index (κ1) is 15.9. The van der Waals surface area contributed by atoms with Crippen LogP contribution in [-0.4, -0.2) is 28.8 Å². The third-order valence-electron chi connectivity index (χ3n) is 1.67. The fourth-order valence-corrected chi connectivity index (χ4v) is 0.925. The van der Waals surface area contributed by atoms with E-state index in [0.29, 0.717) is 6.92 Å². The fraction of sp³-hybridized carbons (Fsp3) is 1.00. The first-order valence-electron chi connectivity index (χ1n) is 3.54. The molecular formula is C6H4BrF9. The van der Waals surface area contributed by atoms with Crippen LogP contribution in [0.4, 0.5) is 39.5 Å². The van der Waals surface area contributed by atoms with Gasteiger partial charge in [-0.1, -0.05) is 15.9 Å². The van der Waals surface area contributed by atoms with Crippen molar-refractivity contribution in [1.82, 2.24) is 0 Å². The highest BCUT2D eigenvalue weighted by atomic mass is 79.9. The molecule has 0 aromatic heterocycles. The van der Waals surface area contributed by atoms with Crippen LogP contribution < -0.4 is 0 Å². The van der Waals surface area contributed by atoms with Gasteiger partial charge in [0.05, 0.1) is 4.83 Å². The van der Waals surface area contributed by atoms with E-state index in [9.17, 15) is 39.5 Å². The van der Waals surface area contributed by atoms with E-state index >= 15 is 0 Å². The number of rotatable bonds is 3. The van der Waals surface area contributed by atoms with Crippen molar-refractivity contribution in [2.24, 2.45) is 0 Å². The predicted molar refractivity (Wildman–Crippen MR) is 39.3 cm³/mol. The van der Waals surface area contributed by atoms with Crippen LogP contribution >= 0.6 is 15.9 Å². The summed E-state index contributed by atoms with van der Waals surface area (Å²) in [5.41, 5.74) is 0. The summed E-state index contributed by atoms with van der Waals surface area (Å²) in [6.45, 7) is 0.334. The molecule has 1 atom stereocenters. The molecule has 0 aliphatic heterocycles. The molecule has 98 valence electrons. The molecule has 0 amide bonds. The van der Waals surface area contributed by atoms with Crippen molar-refractivity contribution in [3.63, 3.8) is 0 Å². The van der Waals surface area contributed by atoms with Crippen LogP contribution in [0, 0.1) is 0 Å². The Bertz CT molecular complexity index is 253. The fourth-order valence-electron chi connectivity index (χ4n) is 0.637. The molecule has 16 heavy (non-hydrogen) atoms. The molecule has 0 saturated heterocycles. The minimum atomic E-state index is -6.81. The van der Waals surface area contributed by atoms with Crippen LogP contribution in [-0.2, 0) is 0 Å². The largest absolute Gasteiger partial charge is 0.460 e. The van der Waals surface area contributed by atoms with E-state index in [1.165, 1.54) is 0 Å². The minimum Gasteiger partial charge on any atom is -0.198 e. The average molecular weight is 327 g/mol. The van der Waals surface area contributed by atoms with Gasteiger partial charge in [-0.25, -0.2) is 0 Å². The molecule has 1 unspecified atom stereocenters. The Morgan fingerprint density at radius 3 is 1.25 bits per heavy atom. The summed E-state index contributed by atoms with van der Waals surface area (Å²) in [6.07, 6.45) is -6.76. The standard InChI is InChI=1S/C6H4BrF9/c1-2(7)3(8,9)4(10,11)5(12,13)6(14,15)16/h2H,1H3. The Kier molecular flexibility index (Phi) is 3.91. The normalized spacial score (nSPS) is 17.4. The zero-order chi connectivity index (χ0) is 13.6. The van der Waals surface area contributed by atoms with Crippen LogP contribution in [0.2, 0.25) is 0 Å². The van der Waals surface area contributed by atoms with Gasteiger partial charge in [0, 0.05) is 0 Å². The Balaban J connectivity index is 5.53. The Labute approximate surface area is 91.9 Å². The highest BCUT2D eigenvalue weighted by Crippen LogP contribution is 2.54. The lowest BCUT2D eigenvalue weighted by molar-refractivity contribution is -0.395. The summed E-state index contributed by atoms with van der Waals surface area (Å²) in [6, 6.07) is 0. The molecule has 0 rings (SSSR count). The molecule has 10 heteroatoms. The zero-order valence-corrected chi connectivity index (χ0v) is 8.94. The van der Waals surface area contributed by atoms with E-state index in [1.807, 2.05) is 15.9 Å². The van der Waals surface area contributed by atoms with Crippen molar-refractivity contribution in [1.29, 1.82) is 0 Å². The lowest BCUT2D eigenvalue weighted by Gasteiger charge is -2.34. The maximum atomic E-state index is 12.6. The number of hydrogen-bond donors (Lipinski definition) is 0. The van der Waals surface area contributed by atoms with Crippen LogP contribution in [0.25, 0.3) is 0 Å². The van der Waals surface area contributed by atoms with E-state index in [1.54, 1.807) is 0 Å². The van der Waals surface area contributed by atoms with Gasteiger partial charge in [0.15, 0.2) is 0 Å². The molecule has 0 saturated carbocycles. The third-order valence-corrected chi connectivity index (χ3v) is 2.24. The van der Waals surface area contributed by atoms with Crippen molar-refractivity contribution >= 4 is 15.9 Å². The van der Waals surface area contributed by atoms with Crippen molar-refractivity contribution in [2.45, 2.75) is 35.7 Å². The highest BCUT2D eigenvalue weighted by molar-refractivity contribution is 9.09. The van der Waals surface area contributed by atoms with Gasteiger partial charge in [-0.05, 0) is 6.92 Å². The van der Waals surface area contributed by atoms with Gasteiger partial charge in [-0.15, -0.1) is 0 Å². The monoisotopic (exact) mass is 326 g/mol. The quantitative estimate of drug-likeness (QED) is 0.537. The maximum Gasteiger partial charge on any atom is 0.460 e. The predicted octanol–water partition coefficient (Wildman–Crippen LogP) is 4.24. The van der Waals surface area contributed by atoms with Gasteiger partial charge < -0.3 is 0 Å². The van der Waals surface area contributed by atoms with Crippen molar-refractivity contribution < 1.29 is 39.5 Å². The molecular weight excluding hydrogens is 323 g/mol. The topological polar surface area (TPSA) is 0 Å². The third kappa shape index (κ3) is 2.12. The molecule has 0 heterocycles. The van der Waals surface area contributed by atoms with Gasteiger partial charge in [0.2, 0.25) is 0 Å². The highest BCUT2D eigenvalue weighted by Gasteiger charge is 2.82. The van der Waals surface area contributed by atoms with Gasteiger partial charge in [0.1, 0.15) is 0 Å². The first-order valence-corrected chi connectivity index (χ1v) is 4.45. The molecule has 0 aromatic rings. The van der Waals surface area contributed by atoms with E-state index in [2.05, 4.69) is 0 Å². The van der Waals surface area contributed by atoms with Crippen molar-refractivity contribution in [3.8, 4) is 0 Å². The van der Waals surface area contributed by atoms with E-state index in [-0.39, 0.29) is 0 Å². The summed E-state index contributed by atoms with van der Waals surface area (Å²) >= 11 is 1.86. The maximum absolute atomic E-state index is 12.6. The van der Waals surface area contributed by atoms with Gasteiger partial charge in [-0.3, -0.25) is 0 Å². The molecule has 0 nitrogen and oxygen atoms in total. The SMILES string of the molecule is CC(Br)C(F)(F)C(F)(F)C(F)(F)C(F)(F)F. The lowest BCUT2D eigenvalue weighted by atomic mass is 10.0. The van der Waals surface area contributed by atoms with Crippen LogP contribution in [0.5, 0.6) is 0 Å².